The minimum atomic E-state index is -0.174. The molecule has 2 heterocycles. The number of para-hydroxylation sites is 1. The number of aromatic nitrogens is 2. The number of fused-ring (bicyclic) bond motifs is 1. The number of amides is 1. The average Bonchev–Trinajstić information content (AvgIpc) is 3.13. The van der Waals surface area contributed by atoms with Crippen molar-refractivity contribution in [1.29, 1.82) is 0 Å². The van der Waals surface area contributed by atoms with Crippen molar-refractivity contribution in [2.75, 3.05) is 11.9 Å². The summed E-state index contributed by atoms with van der Waals surface area (Å²) >= 11 is 0. The van der Waals surface area contributed by atoms with E-state index in [-0.39, 0.29) is 17.9 Å². The number of benzene rings is 2. The summed E-state index contributed by atoms with van der Waals surface area (Å²) in [6.07, 6.45) is 4.50. The fraction of sp³-hybridized carbons (Fsp3) is 0.273. The van der Waals surface area contributed by atoms with Gasteiger partial charge < -0.3 is 14.6 Å². The zero-order chi connectivity index (χ0) is 18.8. The smallest absolute Gasteiger partial charge is 0.231 e. The molecule has 0 unspecified atom stereocenters. The Kier molecular flexibility index (Phi) is 4.67. The molecule has 0 radical (unpaired) electrons. The molecule has 27 heavy (non-hydrogen) atoms. The van der Waals surface area contributed by atoms with Gasteiger partial charge in [0.2, 0.25) is 5.91 Å². The van der Waals surface area contributed by atoms with E-state index in [2.05, 4.69) is 21.8 Å². The summed E-state index contributed by atoms with van der Waals surface area (Å²) in [6, 6.07) is 16.1. The van der Waals surface area contributed by atoms with E-state index in [0.29, 0.717) is 13.0 Å². The number of imidazole rings is 1. The van der Waals surface area contributed by atoms with Crippen LogP contribution in [0.4, 0.5) is 5.69 Å². The number of hydrogen-bond donors (Lipinski definition) is 1. The number of rotatable bonds is 4. The lowest BCUT2D eigenvalue weighted by molar-refractivity contribution is -0.121. The molecule has 5 nitrogen and oxygen atoms in total. The average molecular weight is 361 g/mol. The monoisotopic (exact) mass is 361 g/mol. The molecular weight excluding hydrogens is 338 g/mol. The van der Waals surface area contributed by atoms with Gasteiger partial charge in [0.25, 0.3) is 0 Å². The number of carbonyl (C=O) groups excluding carboxylic acids is 1. The predicted octanol–water partition coefficient (Wildman–Crippen LogP) is 3.99. The van der Waals surface area contributed by atoms with Gasteiger partial charge in [-0.3, -0.25) is 4.79 Å². The van der Waals surface area contributed by atoms with Crippen molar-refractivity contribution in [3.05, 3.63) is 77.9 Å². The summed E-state index contributed by atoms with van der Waals surface area (Å²) in [6.45, 7) is 4.55. The standard InChI is InChI=1S/C22H23N3O2/c1-15(25-12-11-23-16(25)2)17-7-9-20(10-8-17)24-22(26)19-13-18-5-3-4-6-21(18)27-14-19/h3-12,15,19H,13-14H2,1-2H3,(H,24,26)/t15-,19+/m0/s1. The SMILES string of the molecule is Cc1nccn1[C@@H](C)c1ccc(NC(=O)[C@H]2COc3ccccc3C2)cc1. The van der Waals surface area contributed by atoms with Crippen molar-refractivity contribution in [3.63, 3.8) is 0 Å². The van der Waals surface area contributed by atoms with Gasteiger partial charge in [-0.25, -0.2) is 4.98 Å². The maximum atomic E-state index is 12.6. The molecule has 2 atom stereocenters. The van der Waals surface area contributed by atoms with Crippen LogP contribution in [-0.4, -0.2) is 22.1 Å². The fourth-order valence-corrected chi connectivity index (χ4v) is 3.54. The van der Waals surface area contributed by atoms with Crippen LogP contribution in [0.5, 0.6) is 5.75 Å². The Balaban J connectivity index is 1.41. The van der Waals surface area contributed by atoms with Crippen LogP contribution in [0, 0.1) is 12.8 Å². The van der Waals surface area contributed by atoms with Gasteiger partial charge in [-0.15, -0.1) is 0 Å². The first kappa shape index (κ1) is 17.3. The molecule has 0 bridgehead atoms. The zero-order valence-corrected chi connectivity index (χ0v) is 15.6. The van der Waals surface area contributed by atoms with Crippen molar-refractivity contribution in [1.82, 2.24) is 9.55 Å². The summed E-state index contributed by atoms with van der Waals surface area (Å²) < 4.78 is 7.86. The molecule has 0 fully saturated rings. The van der Waals surface area contributed by atoms with Crippen molar-refractivity contribution in [2.24, 2.45) is 5.92 Å². The van der Waals surface area contributed by atoms with Crippen molar-refractivity contribution in [2.45, 2.75) is 26.3 Å². The highest BCUT2D eigenvalue weighted by molar-refractivity contribution is 5.93. The van der Waals surface area contributed by atoms with Gasteiger partial charge in [0.15, 0.2) is 0 Å². The Labute approximate surface area is 159 Å². The maximum absolute atomic E-state index is 12.6. The molecular formula is C22H23N3O2. The van der Waals surface area contributed by atoms with Crippen LogP contribution in [0.25, 0.3) is 0 Å². The fourth-order valence-electron chi connectivity index (χ4n) is 3.54. The van der Waals surface area contributed by atoms with Crippen LogP contribution in [0.1, 0.15) is 29.9 Å². The van der Waals surface area contributed by atoms with Crippen LogP contribution >= 0.6 is 0 Å². The van der Waals surface area contributed by atoms with Gasteiger partial charge in [-0.05, 0) is 49.6 Å². The summed E-state index contributed by atoms with van der Waals surface area (Å²) in [5.74, 6) is 1.69. The highest BCUT2D eigenvalue weighted by Gasteiger charge is 2.25. The summed E-state index contributed by atoms with van der Waals surface area (Å²) in [7, 11) is 0. The molecule has 1 amide bonds. The van der Waals surface area contributed by atoms with Crippen LogP contribution in [-0.2, 0) is 11.2 Å². The molecule has 1 aliphatic heterocycles. The maximum Gasteiger partial charge on any atom is 0.231 e. The van der Waals surface area contributed by atoms with Gasteiger partial charge in [0, 0.05) is 18.1 Å². The first-order valence-corrected chi connectivity index (χ1v) is 9.23. The van der Waals surface area contributed by atoms with Crippen molar-refractivity contribution >= 4 is 11.6 Å². The van der Waals surface area contributed by atoms with Crippen LogP contribution in [0.3, 0.4) is 0 Å². The third-order valence-corrected chi connectivity index (χ3v) is 5.19. The molecule has 0 spiro atoms. The van der Waals surface area contributed by atoms with Gasteiger partial charge >= 0.3 is 0 Å². The number of hydrogen-bond acceptors (Lipinski definition) is 3. The molecule has 0 saturated carbocycles. The first-order chi connectivity index (χ1) is 13.1. The number of anilines is 1. The van der Waals surface area contributed by atoms with Crippen molar-refractivity contribution < 1.29 is 9.53 Å². The van der Waals surface area contributed by atoms with E-state index in [1.807, 2.05) is 67.8 Å². The molecule has 2 aromatic carbocycles. The van der Waals surface area contributed by atoms with Crippen LogP contribution in [0.2, 0.25) is 0 Å². The normalized spacial score (nSPS) is 16.9. The number of nitrogens with one attached hydrogen (secondary N) is 1. The summed E-state index contributed by atoms with van der Waals surface area (Å²) in [5.41, 5.74) is 3.06. The minimum Gasteiger partial charge on any atom is -0.492 e. The molecule has 1 aliphatic rings. The molecule has 0 aliphatic carbocycles. The molecule has 138 valence electrons. The van der Waals surface area contributed by atoms with Gasteiger partial charge in [0.05, 0.1) is 12.0 Å². The Bertz CT molecular complexity index is 946. The van der Waals surface area contributed by atoms with E-state index in [1.165, 1.54) is 5.56 Å². The summed E-state index contributed by atoms with van der Waals surface area (Å²) in [5, 5.41) is 3.02. The number of aryl methyl sites for hydroxylation is 1. The molecule has 1 N–H and O–H groups in total. The Morgan fingerprint density at radius 2 is 2.00 bits per heavy atom. The zero-order valence-electron chi connectivity index (χ0n) is 15.6. The van der Waals surface area contributed by atoms with E-state index in [4.69, 9.17) is 4.74 Å². The van der Waals surface area contributed by atoms with Crippen molar-refractivity contribution in [3.8, 4) is 5.75 Å². The lowest BCUT2D eigenvalue weighted by Gasteiger charge is -2.24. The molecule has 1 aromatic heterocycles. The molecule has 0 saturated heterocycles. The number of carbonyl (C=O) groups is 1. The van der Waals surface area contributed by atoms with Crippen LogP contribution in [0.15, 0.2) is 60.9 Å². The minimum absolute atomic E-state index is 0.00393. The third kappa shape index (κ3) is 3.58. The third-order valence-electron chi connectivity index (χ3n) is 5.19. The van der Waals surface area contributed by atoms with E-state index < -0.39 is 0 Å². The van der Waals surface area contributed by atoms with E-state index >= 15 is 0 Å². The Morgan fingerprint density at radius 1 is 1.22 bits per heavy atom. The van der Waals surface area contributed by atoms with Crippen LogP contribution < -0.4 is 10.1 Å². The lowest BCUT2D eigenvalue weighted by Crippen LogP contribution is -2.32. The predicted molar refractivity (Wildman–Crippen MR) is 105 cm³/mol. The molecule has 4 rings (SSSR count). The number of ether oxygens (including phenoxy) is 1. The molecule has 3 aromatic rings. The summed E-state index contributed by atoms with van der Waals surface area (Å²) in [4.78, 5) is 16.9. The second-order valence-corrected chi connectivity index (χ2v) is 6.99. The second-order valence-electron chi connectivity index (χ2n) is 6.99. The first-order valence-electron chi connectivity index (χ1n) is 9.23. The Hall–Kier alpha value is -3.08. The quantitative estimate of drug-likeness (QED) is 0.764. The van der Waals surface area contributed by atoms with E-state index in [0.717, 1.165) is 22.8 Å². The number of nitrogens with zero attached hydrogens (tertiary/aromatic N) is 2. The van der Waals surface area contributed by atoms with Gasteiger partial charge in [0.1, 0.15) is 18.2 Å². The second kappa shape index (κ2) is 7.27. The van der Waals surface area contributed by atoms with Gasteiger partial charge in [-0.2, -0.15) is 0 Å². The van der Waals surface area contributed by atoms with Gasteiger partial charge in [-0.1, -0.05) is 30.3 Å². The molecule has 5 heteroatoms. The Morgan fingerprint density at radius 3 is 2.74 bits per heavy atom. The van der Waals surface area contributed by atoms with E-state index in [1.54, 1.807) is 0 Å². The topological polar surface area (TPSA) is 56.2 Å². The highest BCUT2D eigenvalue weighted by atomic mass is 16.5. The largest absolute Gasteiger partial charge is 0.492 e. The lowest BCUT2D eigenvalue weighted by atomic mass is 9.96. The van der Waals surface area contributed by atoms with E-state index in [9.17, 15) is 4.79 Å². The highest BCUT2D eigenvalue weighted by Crippen LogP contribution is 2.28.